The van der Waals surface area contributed by atoms with E-state index in [0.717, 1.165) is 44.6 Å². The second-order valence-corrected chi connectivity index (χ2v) is 20.8. The summed E-state index contributed by atoms with van der Waals surface area (Å²) in [4.78, 5) is 23.1. The van der Waals surface area contributed by atoms with Crippen LogP contribution in [0.5, 0.6) is 0 Å². The van der Waals surface area contributed by atoms with E-state index in [-0.39, 0.29) is 50.5 Å². The predicted molar refractivity (Wildman–Crippen MR) is 220 cm³/mol. The number of hydrogen-bond acceptors (Lipinski definition) is 16. The molecule has 2 fully saturated rings. The van der Waals surface area contributed by atoms with Crippen LogP contribution in [0.2, 0.25) is 0 Å². The third kappa shape index (κ3) is 11.0. The molecule has 0 aliphatic carbocycles. The molecule has 0 radical (unpaired) electrons. The maximum Gasteiger partial charge on any atom is 0.394 e. The van der Waals surface area contributed by atoms with Crippen LogP contribution in [0.3, 0.4) is 0 Å². The van der Waals surface area contributed by atoms with Gasteiger partial charge in [-0.25, -0.2) is 36.8 Å². The topological polar surface area (TPSA) is 370 Å². The Hall–Kier alpha value is -5.76. The number of nitriles is 2. The average molecular weight is 937 g/mol. The van der Waals surface area contributed by atoms with Crippen LogP contribution in [0.25, 0.3) is 44.6 Å². The first-order valence-electron chi connectivity index (χ1n) is 18.0. The Kier molecular flexibility index (Phi) is 14.0. The van der Waals surface area contributed by atoms with E-state index in [9.17, 15) is 35.8 Å². The SMILES string of the molecule is CCS(=O)(=O)N1CC(CC#N)(n2cc(-c3ncnc4[nH]ccc34)cn2)C1.CCS(=O)(=O)N1CC(CC#N)(n2cc(-c3ncnc4[nH]ccc34)cn2)C1.CS(=O)(=O)O.O=S(=O)(O)O. The molecular weight excluding hydrogens is 897 g/mol. The van der Waals surface area contributed by atoms with Gasteiger partial charge >= 0.3 is 10.4 Å². The Balaban J connectivity index is 0.000000193. The molecule has 25 nitrogen and oxygen atoms in total. The third-order valence-corrected chi connectivity index (χ3v) is 13.2. The average Bonchev–Trinajstić information content (AvgIpc) is 4.00. The third-order valence-electron chi connectivity index (χ3n) is 9.61. The molecule has 2 aliphatic heterocycles. The lowest BCUT2D eigenvalue weighted by Gasteiger charge is -2.47. The van der Waals surface area contributed by atoms with Crippen LogP contribution in [-0.2, 0) is 51.6 Å². The smallest absolute Gasteiger partial charge is 0.346 e. The molecule has 62 heavy (non-hydrogen) atoms. The van der Waals surface area contributed by atoms with Gasteiger partial charge in [0.25, 0.3) is 10.1 Å². The minimum atomic E-state index is -4.67. The van der Waals surface area contributed by atoms with Crippen molar-refractivity contribution in [3.05, 3.63) is 62.0 Å². The number of rotatable bonds is 10. The zero-order valence-electron chi connectivity index (χ0n) is 33.0. The highest BCUT2D eigenvalue weighted by atomic mass is 32.3. The van der Waals surface area contributed by atoms with Crippen molar-refractivity contribution in [3.8, 4) is 34.7 Å². The van der Waals surface area contributed by atoms with Gasteiger partial charge in [0.15, 0.2) is 0 Å². The van der Waals surface area contributed by atoms with Crippen LogP contribution in [0.15, 0.2) is 62.0 Å². The fourth-order valence-electron chi connectivity index (χ4n) is 6.56. The first kappa shape index (κ1) is 47.3. The first-order chi connectivity index (χ1) is 29.0. The van der Waals surface area contributed by atoms with Gasteiger partial charge in [-0.2, -0.15) is 46.2 Å². The molecule has 29 heteroatoms. The van der Waals surface area contributed by atoms with Crippen molar-refractivity contribution >= 4 is 62.6 Å². The van der Waals surface area contributed by atoms with Crippen LogP contribution in [-0.4, -0.2) is 149 Å². The molecule has 2 saturated heterocycles. The van der Waals surface area contributed by atoms with E-state index in [1.54, 1.807) is 48.0 Å². The number of sulfonamides is 2. The lowest BCUT2D eigenvalue weighted by molar-refractivity contribution is 0.0719. The molecule has 6 aromatic heterocycles. The van der Waals surface area contributed by atoms with Gasteiger partial charge in [0.1, 0.15) is 35.0 Å². The van der Waals surface area contributed by atoms with E-state index < -0.39 is 51.6 Å². The second-order valence-electron chi connectivity index (χ2n) is 13.9. The molecular formula is C33H40N14O11S4. The van der Waals surface area contributed by atoms with Gasteiger partial charge in [0, 0.05) is 72.9 Å². The zero-order valence-corrected chi connectivity index (χ0v) is 36.3. The Bertz CT molecular complexity index is 2860. The maximum absolute atomic E-state index is 12.0. The van der Waals surface area contributed by atoms with E-state index >= 15 is 0 Å². The number of nitrogens with one attached hydrogen (secondary N) is 2. The Morgan fingerprint density at radius 3 is 1.31 bits per heavy atom. The first-order valence-corrected chi connectivity index (χ1v) is 24.4. The van der Waals surface area contributed by atoms with Crippen molar-refractivity contribution in [1.29, 1.82) is 10.5 Å². The van der Waals surface area contributed by atoms with Gasteiger partial charge in [-0.15, -0.1) is 0 Å². The molecule has 5 N–H and O–H groups in total. The zero-order chi connectivity index (χ0) is 45.7. The van der Waals surface area contributed by atoms with E-state index in [0.29, 0.717) is 6.26 Å². The van der Waals surface area contributed by atoms with Crippen LogP contribution in [0.1, 0.15) is 26.7 Å². The van der Waals surface area contributed by atoms with Crippen molar-refractivity contribution in [2.75, 3.05) is 43.9 Å². The van der Waals surface area contributed by atoms with Gasteiger partial charge in [-0.05, 0) is 26.0 Å². The summed E-state index contributed by atoms with van der Waals surface area (Å²) in [5.41, 5.74) is 3.27. The Morgan fingerprint density at radius 1 is 0.661 bits per heavy atom. The monoisotopic (exact) mass is 936 g/mol. The highest BCUT2D eigenvalue weighted by Gasteiger charge is 2.51. The van der Waals surface area contributed by atoms with Crippen LogP contribution >= 0.6 is 0 Å². The molecule has 332 valence electrons. The summed E-state index contributed by atoms with van der Waals surface area (Å²) in [6.07, 6.45) is 14.7. The summed E-state index contributed by atoms with van der Waals surface area (Å²) in [5, 5.41) is 29.0. The predicted octanol–water partition coefficient (Wildman–Crippen LogP) is 1.04. The largest absolute Gasteiger partial charge is 0.394 e. The molecule has 2 aliphatic rings. The number of hydrogen-bond donors (Lipinski definition) is 5. The second kappa shape index (κ2) is 18.3. The molecule has 8 rings (SSSR count). The summed E-state index contributed by atoms with van der Waals surface area (Å²) < 4.78 is 112. The lowest BCUT2D eigenvalue weighted by Crippen LogP contribution is -2.64. The minimum Gasteiger partial charge on any atom is -0.346 e. The van der Waals surface area contributed by atoms with Crippen molar-refractivity contribution < 1.29 is 47.3 Å². The summed E-state index contributed by atoms with van der Waals surface area (Å²) in [5.74, 6) is 0.0960. The van der Waals surface area contributed by atoms with Gasteiger partial charge in [0.05, 0.1) is 66.5 Å². The van der Waals surface area contributed by atoms with E-state index in [1.807, 2.05) is 24.5 Å². The van der Waals surface area contributed by atoms with Crippen molar-refractivity contribution in [2.45, 2.75) is 37.8 Å². The standard InChI is InChI=1S/2C16H17N7O2S.CH4O3S.H2O4S/c2*1-2-26(24,25)22-9-16(10-22,4-5-17)23-8-12(7-21-23)14-13-3-6-18-15(13)20-11-19-14;2*1-5(2,3)4/h2*3,6-8,11H,2,4,9-10H2,1H3,(H,18,19,20);1H3,(H,2,3,4);(H2,1,2,3,4). The molecule has 0 unspecified atom stereocenters. The van der Waals surface area contributed by atoms with E-state index in [4.69, 9.17) is 22.1 Å². The van der Waals surface area contributed by atoms with Crippen LogP contribution in [0.4, 0.5) is 0 Å². The minimum absolute atomic E-state index is 0.0480. The quantitative estimate of drug-likeness (QED) is 0.120. The summed E-state index contributed by atoms with van der Waals surface area (Å²) in [6.45, 7) is 4.23. The van der Waals surface area contributed by atoms with Gasteiger partial charge < -0.3 is 9.97 Å². The highest BCUT2D eigenvalue weighted by molar-refractivity contribution is 7.89. The maximum atomic E-state index is 12.0. The number of fused-ring (bicyclic) bond motifs is 2. The molecule has 6 aromatic rings. The Morgan fingerprint density at radius 2 is 1.00 bits per heavy atom. The molecule has 0 spiro atoms. The molecule has 0 saturated carbocycles. The van der Waals surface area contributed by atoms with Crippen molar-refractivity contribution in [2.24, 2.45) is 0 Å². The van der Waals surface area contributed by atoms with Gasteiger partial charge in [-0.1, -0.05) is 0 Å². The summed E-state index contributed by atoms with van der Waals surface area (Å²) >= 11 is 0. The number of aromatic nitrogens is 10. The molecule has 8 heterocycles. The lowest BCUT2D eigenvalue weighted by atomic mass is 9.89. The molecule has 0 aromatic carbocycles. The van der Waals surface area contributed by atoms with Crippen LogP contribution in [0, 0.1) is 22.7 Å². The van der Waals surface area contributed by atoms with E-state index in [2.05, 4.69) is 52.2 Å². The highest BCUT2D eigenvalue weighted by Crippen LogP contribution is 2.37. The molecule has 0 amide bonds. The normalized spacial score (nSPS) is 16.2. The number of H-pyrrole nitrogens is 2. The summed E-state index contributed by atoms with van der Waals surface area (Å²) in [7, 11) is -14.9. The fraction of sp³-hybridized carbons (Fsp3) is 0.394. The van der Waals surface area contributed by atoms with Crippen molar-refractivity contribution in [3.63, 3.8) is 0 Å². The number of aromatic amines is 2. The molecule has 0 atom stereocenters. The van der Waals surface area contributed by atoms with Gasteiger partial charge in [-0.3, -0.25) is 23.0 Å². The van der Waals surface area contributed by atoms with Crippen LogP contribution < -0.4 is 0 Å². The van der Waals surface area contributed by atoms with E-state index in [1.165, 1.54) is 21.3 Å². The fourth-order valence-corrected chi connectivity index (χ4v) is 9.04. The van der Waals surface area contributed by atoms with Gasteiger partial charge in [0.2, 0.25) is 20.0 Å². The summed E-state index contributed by atoms with van der Waals surface area (Å²) in [6, 6.07) is 8.11. The molecule has 0 bridgehead atoms. The van der Waals surface area contributed by atoms with Crippen molar-refractivity contribution in [1.82, 2.24) is 58.1 Å². The Labute approximate surface area is 355 Å². The number of nitrogens with zero attached hydrogens (tertiary/aromatic N) is 12.